The van der Waals surface area contributed by atoms with E-state index in [1.807, 2.05) is 6.92 Å². The van der Waals surface area contributed by atoms with Crippen molar-refractivity contribution in [3.63, 3.8) is 0 Å². The Labute approximate surface area is 198 Å². The minimum absolute atomic E-state index is 0.105. The summed E-state index contributed by atoms with van der Waals surface area (Å²) in [5, 5.41) is 7.31. The predicted octanol–water partition coefficient (Wildman–Crippen LogP) is 0.692. The number of aryl methyl sites for hydroxylation is 1. The van der Waals surface area contributed by atoms with Crippen molar-refractivity contribution < 1.29 is 28.8 Å². The first kappa shape index (κ1) is 26.7. The third-order valence-electron chi connectivity index (χ3n) is 5.57. The summed E-state index contributed by atoms with van der Waals surface area (Å²) in [7, 11) is 0. The minimum Gasteiger partial charge on any atom is -0.356 e. The highest BCUT2D eigenvalue weighted by molar-refractivity contribution is 6.07. The van der Waals surface area contributed by atoms with Gasteiger partial charge in [0.2, 0.25) is 29.5 Å². The van der Waals surface area contributed by atoms with Crippen LogP contribution in [0.25, 0.3) is 0 Å². The SMILES string of the molecule is CCC(=O)NC(CC(=O)NCCCN1C(=O)CC(C)C1=O)C(=O)NC(=O)c1ccc(CC)cc1. The summed E-state index contributed by atoms with van der Waals surface area (Å²) in [6, 6.07) is 5.54. The number of amides is 6. The van der Waals surface area contributed by atoms with Gasteiger partial charge in [0.1, 0.15) is 6.04 Å². The highest BCUT2D eigenvalue weighted by atomic mass is 16.2. The molecule has 2 atom stereocenters. The number of benzene rings is 1. The van der Waals surface area contributed by atoms with E-state index >= 15 is 0 Å². The maximum atomic E-state index is 12.6. The number of carbonyl (C=O) groups is 6. The second kappa shape index (κ2) is 12.6. The summed E-state index contributed by atoms with van der Waals surface area (Å²) in [4.78, 5) is 74.2. The molecule has 184 valence electrons. The molecule has 1 aromatic carbocycles. The first-order valence-corrected chi connectivity index (χ1v) is 11.5. The average Bonchev–Trinajstić information content (AvgIpc) is 3.06. The van der Waals surface area contributed by atoms with E-state index < -0.39 is 29.7 Å². The van der Waals surface area contributed by atoms with Crippen molar-refractivity contribution in [1.29, 1.82) is 0 Å². The lowest BCUT2D eigenvalue weighted by molar-refractivity contribution is -0.139. The van der Waals surface area contributed by atoms with Gasteiger partial charge in [0.05, 0.1) is 6.42 Å². The number of likely N-dealkylation sites (tertiary alicyclic amines) is 1. The number of imide groups is 2. The van der Waals surface area contributed by atoms with E-state index in [2.05, 4.69) is 16.0 Å². The van der Waals surface area contributed by atoms with Crippen LogP contribution in [0.15, 0.2) is 24.3 Å². The highest BCUT2D eigenvalue weighted by Crippen LogP contribution is 2.18. The lowest BCUT2D eigenvalue weighted by atomic mass is 10.1. The molecule has 0 aromatic heterocycles. The molecule has 34 heavy (non-hydrogen) atoms. The first-order valence-electron chi connectivity index (χ1n) is 11.5. The molecule has 1 fully saturated rings. The second-order valence-electron chi connectivity index (χ2n) is 8.24. The molecule has 2 rings (SSSR count). The summed E-state index contributed by atoms with van der Waals surface area (Å²) in [5.74, 6) is -3.13. The van der Waals surface area contributed by atoms with Crippen molar-refractivity contribution in [2.24, 2.45) is 5.92 Å². The van der Waals surface area contributed by atoms with Crippen LogP contribution in [0.5, 0.6) is 0 Å². The van der Waals surface area contributed by atoms with Gasteiger partial charge < -0.3 is 10.6 Å². The van der Waals surface area contributed by atoms with Gasteiger partial charge in [-0.2, -0.15) is 0 Å². The lowest BCUT2D eigenvalue weighted by Crippen LogP contribution is -2.50. The smallest absolute Gasteiger partial charge is 0.257 e. The molecule has 1 aliphatic heterocycles. The fourth-order valence-electron chi connectivity index (χ4n) is 3.47. The van der Waals surface area contributed by atoms with Gasteiger partial charge in [0.25, 0.3) is 5.91 Å². The van der Waals surface area contributed by atoms with Crippen molar-refractivity contribution >= 4 is 35.4 Å². The summed E-state index contributed by atoms with van der Waals surface area (Å²) in [5.41, 5.74) is 1.33. The highest BCUT2D eigenvalue weighted by Gasteiger charge is 2.34. The van der Waals surface area contributed by atoms with Crippen molar-refractivity contribution in [3.05, 3.63) is 35.4 Å². The predicted molar refractivity (Wildman–Crippen MR) is 123 cm³/mol. The standard InChI is InChI=1S/C24H32N4O6/c1-4-16-7-9-17(10-8-16)22(32)27-23(33)18(26-19(29)5-2)14-20(30)25-11-6-12-28-21(31)13-15(3)24(28)34/h7-10,15,18H,4-6,11-14H2,1-3H3,(H,25,30)(H,26,29)(H,27,32,33). The Morgan fingerprint density at radius 2 is 1.74 bits per heavy atom. The zero-order valence-corrected chi connectivity index (χ0v) is 19.8. The van der Waals surface area contributed by atoms with E-state index in [1.165, 1.54) is 4.90 Å². The Bertz CT molecular complexity index is 943. The van der Waals surface area contributed by atoms with Crippen LogP contribution in [0.1, 0.15) is 62.4 Å². The lowest BCUT2D eigenvalue weighted by Gasteiger charge is -2.18. The maximum Gasteiger partial charge on any atom is 0.257 e. The van der Waals surface area contributed by atoms with Gasteiger partial charge >= 0.3 is 0 Å². The van der Waals surface area contributed by atoms with Gasteiger partial charge in [-0.15, -0.1) is 0 Å². The van der Waals surface area contributed by atoms with Gasteiger partial charge in [-0.05, 0) is 30.5 Å². The second-order valence-corrected chi connectivity index (χ2v) is 8.24. The fraction of sp³-hybridized carbons (Fsp3) is 0.500. The summed E-state index contributed by atoms with van der Waals surface area (Å²) in [6.07, 6.45) is 1.11. The number of hydrogen-bond donors (Lipinski definition) is 3. The molecule has 3 N–H and O–H groups in total. The number of rotatable bonds is 11. The number of hydrogen-bond acceptors (Lipinski definition) is 6. The van der Waals surface area contributed by atoms with Gasteiger partial charge in [-0.3, -0.25) is 39.0 Å². The molecule has 6 amide bonds. The Hall–Kier alpha value is -3.56. The van der Waals surface area contributed by atoms with Gasteiger partial charge in [-0.25, -0.2) is 0 Å². The van der Waals surface area contributed by atoms with E-state index in [-0.39, 0.29) is 55.6 Å². The Morgan fingerprint density at radius 1 is 1.06 bits per heavy atom. The molecule has 0 bridgehead atoms. The van der Waals surface area contributed by atoms with Crippen molar-refractivity contribution in [1.82, 2.24) is 20.9 Å². The van der Waals surface area contributed by atoms with E-state index in [1.54, 1.807) is 38.1 Å². The molecule has 10 heteroatoms. The summed E-state index contributed by atoms with van der Waals surface area (Å²) < 4.78 is 0. The fourth-order valence-corrected chi connectivity index (χ4v) is 3.47. The quantitative estimate of drug-likeness (QED) is 0.320. The van der Waals surface area contributed by atoms with Crippen molar-refractivity contribution in [2.75, 3.05) is 13.1 Å². The van der Waals surface area contributed by atoms with E-state index in [0.29, 0.717) is 6.42 Å². The number of nitrogens with zero attached hydrogens (tertiary/aromatic N) is 1. The Morgan fingerprint density at radius 3 is 2.29 bits per heavy atom. The maximum absolute atomic E-state index is 12.6. The van der Waals surface area contributed by atoms with Gasteiger partial charge in [0, 0.05) is 37.4 Å². The number of carbonyl (C=O) groups excluding carboxylic acids is 6. The largest absolute Gasteiger partial charge is 0.356 e. The molecule has 0 saturated carbocycles. The third-order valence-corrected chi connectivity index (χ3v) is 5.57. The molecule has 1 saturated heterocycles. The van der Waals surface area contributed by atoms with Crippen LogP contribution >= 0.6 is 0 Å². The average molecular weight is 473 g/mol. The summed E-state index contributed by atoms with van der Waals surface area (Å²) in [6.45, 7) is 5.67. The molecule has 0 aliphatic carbocycles. The summed E-state index contributed by atoms with van der Waals surface area (Å²) >= 11 is 0. The minimum atomic E-state index is -1.23. The van der Waals surface area contributed by atoms with Crippen LogP contribution < -0.4 is 16.0 Å². The normalized spacial score (nSPS) is 16.2. The molecule has 1 aliphatic rings. The first-order chi connectivity index (χ1) is 16.2. The molecule has 10 nitrogen and oxygen atoms in total. The zero-order chi connectivity index (χ0) is 25.3. The molecular weight excluding hydrogens is 440 g/mol. The molecule has 1 heterocycles. The number of nitrogens with one attached hydrogen (secondary N) is 3. The molecule has 1 aromatic rings. The van der Waals surface area contributed by atoms with E-state index in [0.717, 1.165) is 12.0 Å². The Kier molecular flexibility index (Phi) is 9.91. The van der Waals surface area contributed by atoms with Crippen LogP contribution in [0, 0.1) is 5.92 Å². The topological polar surface area (TPSA) is 142 Å². The molecule has 0 radical (unpaired) electrons. The van der Waals surface area contributed by atoms with Crippen LogP contribution in [-0.4, -0.2) is 59.5 Å². The van der Waals surface area contributed by atoms with Gasteiger partial charge in [-0.1, -0.05) is 32.9 Å². The monoisotopic (exact) mass is 472 g/mol. The molecule has 2 unspecified atom stereocenters. The molecular formula is C24H32N4O6. The Balaban J connectivity index is 1.88. The van der Waals surface area contributed by atoms with Crippen LogP contribution in [0.2, 0.25) is 0 Å². The molecule has 0 spiro atoms. The van der Waals surface area contributed by atoms with Crippen LogP contribution in [-0.2, 0) is 30.4 Å². The van der Waals surface area contributed by atoms with E-state index in [9.17, 15) is 28.8 Å². The van der Waals surface area contributed by atoms with Crippen molar-refractivity contribution in [2.45, 2.75) is 58.9 Å². The van der Waals surface area contributed by atoms with Gasteiger partial charge in [0.15, 0.2) is 0 Å². The zero-order valence-electron chi connectivity index (χ0n) is 19.8. The van der Waals surface area contributed by atoms with E-state index in [4.69, 9.17) is 0 Å². The van der Waals surface area contributed by atoms with Crippen molar-refractivity contribution in [3.8, 4) is 0 Å². The third kappa shape index (κ3) is 7.50. The van der Waals surface area contributed by atoms with Crippen LogP contribution in [0.4, 0.5) is 0 Å². The van der Waals surface area contributed by atoms with Crippen LogP contribution in [0.3, 0.4) is 0 Å².